The van der Waals surface area contributed by atoms with Crippen LogP contribution < -0.4 is 0 Å². The average molecular weight is 236 g/mol. The van der Waals surface area contributed by atoms with Gasteiger partial charge in [0.1, 0.15) is 0 Å². The van der Waals surface area contributed by atoms with E-state index in [1.54, 1.807) is 0 Å². The minimum Gasteiger partial charge on any atom is -0.390 e. The Bertz CT molecular complexity index is 373. The summed E-state index contributed by atoms with van der Waals surface area (Å²) in [6.07, 6.45) is 4.79. The molecule has 0 aromatic heterocycles. The zero-order chi connectivity index (χ0) is 12.8. The standard InChI is InChI=1S/C15H24O2/c1-10-12-9-11(14(2,3)17)5-7-15(12,4)8-6-13(10)16/h11,17H,5-9H2,1-4H3/t11-,15-/m1/s1. The zero-order valence-electron chi connectivity index (χ0n) is 11.5. The Morgan fingerprint density at radius 1 is 1.35 bits per heavy atom. The second kappa shape index (κ2) is 3.94. The molecule has 0 aliphatic heterocycles. The molecule has 0 saturated heterocycles. The smallest absolute Gasteiger partial charge is 0.158 e. The van der Waals surface area contributed by atoms with E-state index in [1.807, 2.05) is 20.8 Å². The van der Waals surface area contributed by atoms with Crippen molar-refractivity contribution in [2.24, 2.45) is 11.3 Å². The molecule has 2 rings (SSSR count). The first-order chi connectivity index (χ1) is 7.74. The molecule has 0 aromatic carbocycles. The van der Waals surface area contributed by atoms with E-state index >= 15 is 0 Å². The number of hydrogen-bond acceptors (Lipinski definition) is 2. The van der Waals surface area contributed by atoms with E-state index in [0.717, 1.165) is 31.3 Å². The van der Waals surface area contributed by atoms with Crippen molar-refractivity contribution in [2.45, 2.75) is 65.4 Å². The van der Waals surface area contributed by atoms with Crippen molar-refractivity contribution in [3.63, 3.8) is 0 Å². The summed E-state index contributed by atoms with van der Waals surface area (Å²) in [5.74, 6) is 0.611. The fourth-order valence-corrected chi connectivity index (χ4v) is 3.47. The van der Waals surface area contributed by atoms with Crippen molar-refractivity contribution in [2.75, 3.05) is 0 Å². The molecule has 2 heteroatoms. The molecule has 2 nitrogen and oxygen atoms in total. The first-order valence-corrected chi connectivity index (χ1v) is 6.70. The highest BCUT2D eigenvalue weighted by Crippen LogP contribution is 2.51. The van der Waals surface area contributed by atoms with Gasteiger partial charge in [-0.2, -0.15) is 0 Å². The largest absolute Gasteiger partial charge is 0.390 e. The Hall–Kier alpha value is -0.630. The SMILES string of the molecule is CC1=C2C[C@H](C(C)(C)O)CC[C@]2(C)CCC1=O. The summed E-state index contributed by atoms with van der Waals surface area (Å²) >= 11 is 0. The molecule has 2 aliphatic rings. The Labute approximate surface area is 104 Å². The van der Waals surface area contributed by atoms with Crippen molar-refractivity contribution in [3.8, 4) is 0 Å². The summed E-state index contributed by atoms with van der Waals surface area (Å²) in [4.78, 5) is 11.8. The highest BCUT2D eigenvalue weighted by molar-refractivity contribution is 5.96. The highest BCUT2D eigenvalue weighted by Gasteiger charge is 2.43. The van der Waals surface area contributed by atoms with Crippen LogP contribution in [0, 0.1) is 11.3 Å². The van der Waals surface area contributed by atoms with E-state index in [1.165, 1.54) is 5.57 Å². The summed E-state index contributed by atoms with van der Waals surface area (Å²) in [5, 5.41) is 10.2. The number of hydrogen-bond donors (Lipinski definition) is 1. The quantitative estimate of drug-likeness (QED) is 0.759. The molecular weight excluding hydrogens is 212 g/mol. The molecule has 0 heterocycles. The second-order valence-electron chi connectivity index (χ2n) is 6.68. The zero-order valence-corrected chi connectivity index (χ0v) is 11.5. The van der Waals surface area contributed by atoms with Crippen LogP contribution in [0.3, 0.4) is 0 Å². The summed E-state index contributed by atoms with van der Waals surface area (Å²) < 4.78 is 0. The van der Waals surface area contributed by atoms with Gasteiger partial charge in [0.05, 0.1) is 5.60 Å². The van der Waals surface area contributed by atoms with Crippen molar-refractivity contribution >= 4 is 5.78 Å². The van der Waals surface area contributed by atoms with Gasteiger partial charge in [-0.1, -0.05) is 12.5 Å². The van der Waals surface area contributed by atoms with E-state index in [4.69, 9.17) is 0 Å². The fourth-order valence-electron chi connectivity index (χ4n) is 3.47. The fraction of sp³-hybridized carbons (Fsp3) is 0.800. The average Bonchev–Trinajstić information content (AvgIpc) is 2.22. The Kier molecular flexibility index (Phi) is 2.97. The van der Waals surface area contributed by atoms with Gasteiger partial charge in [-0.05, 0) is 63.4 Å². The molecule has 1 N–H and O–H groups in total. The van der Waals surface area contributed by atoms with Gasteiger partial charge in [0, 0.05) is 6.42 Å². The summed E-state index contributed by atoms with van der Waals surface area (Å²) in [6, 6.07) is 0. The van der Waals surface area contributed by atoms with Gasteiger partial charge in [0.15, 0.2) is 5.78 Å². The minimum absolute atomic E-state index is 0.222. The van der Waals surface area contributed by atoms with E-state index in [2.05, 4.69) is 6.92 Å². The number of fused-ring (bicyclic) bond motifs is 1. The molecule has 2 atom stereocenters. The van der Waals surface area contributed by atoms with Crippen LogP contribution >= 0.6 is 0 Å². The van der Waals surface area contributed by atoms with Crippen LogP contribution in [0.4, 0.5) is 0 Å². The predicted molar refractivity (Wildman–Crippen MR) is 68.7 cm³/mol. The maximum absolute atomic E-state index is 11.8. The molecule has 1 fully saturated rings. The minimum atomic E-state index is -0.630. The molecule has 1 saturated carbocycles. The van der Waals surface area contributed by atoms with E-state index in [-0.39, 0.29) is 5.41 Å². The molecule has 0 amide bonds. The topological polar surface area (TPSA) is 37.3 Å². The van der Waals surface area contributed by atoms with Crippen molar-refractivity contribution in [1.82, 2.24) is 0 Å². The third-order valence-corrected chi connectivity index (χ3v) is 5.00. The van der Waals surface area contributed by atoms with E-state index in [9.17, 15) is 9.90 Å². The molecular formula is C15H24O2. The van der Waals surface area contributed by atoms with Gasteiger partial charge >= 0.3 is 0 Å². The van der Waals surface area contributed by atoms with Gasteiger partial charge in [-0.3, -0.25) is 4.79 Å². The van der Waals surface area contributed by atoms with Crippen LogP contribution in [-0.2, 0) is 4.79 Å². The number of carbonyl (C=O) groups excluding carboxylic acids is 1. The lowest BCUT2D eigenvalue weighted by Crippen LogP contribution is -2.40. The first kappa shape index (κ1) is 12.8. The van der Waals surface area contributed by atoms with Crippen molar-refractivity contribution in [3.05, 3.63) is 11.1 Å². The second-order valence-corrected chi connectivity index (χ2v) is 6.68. The third kappa shape index (κ3) is 2.20. The van der Waals surface area contributed by atoms with Crippen molar-refractivity contribution < 1.29 is 9.90 Å². The molecule has 0 unspecified atom stereocenters. The monoisotopic (exact) mass is 236 g/mol. The third-order valence-electron chi connectivity index (χ3n) is 5.00. The highest BCUT2D eigenvalue weighted by atomic mass is 16.3. The number of aliphatic hydroxyl groups is 1. The Morgan fingerprint density at radius 2 is 2.00 bits per heavy atom. The van der Waals surface area contributed by atoms with Crippen LogP contribution in [-0.4, -0.2) is 16.5 Å². The predicted octanol–water partition coefficient (Wildman–Crippen LogP) is 3.24. The van der Waals surface area contributed by atoms with Gasteiger partial charge in [0.2, 0.25) is 0 Å². The maximum atomic E-state index is 11.8. The van der Waals surface area contributed by atoms with Crippen molar-refractivity contribution in [1.29, 1.82) is 0 Å². The molecule has 17 heavy (non-hydrogen) atoms. The lowest BCUT2D eigenvalue weighted by Gasteiger charge is -2.46. The lowest BCUT2D eigenvalue weighted by molar-refractivity contribution is -0.117. The van der Waals surface area contributed by atoms with Gasteiger partial charge < -0.3 is 5.11 Å². The number of ketones is 1. The Balaban J connectivity index is 2.33. The summed E-state index contributed by atoms with van der Waals surface area (Å²) in [6.45, 7) is 8.04. The van der Waals surface area contributed by atoms with Crippen LogP contribution in [0.5, 0.6) is 0 Å². The van der Waals surface area contributed by atoms with Crippen LogP contribution in [0.2, 0.25) is 0 Å². The van der Waals surface area contributed by atoms with E-state index < -0.39 is 5.60 Å². The number of allylic oxidation sites excluding steroid dienone is 2. The molecule has 0 aromatic rings. The molecule has 0 bridgehead atoms. The number of carbonyl (C=O) groups is 1. The normalized spacial score (nSPS) is 34.9. The van der Waals surface area contributed by atoms with Gasteiger partial charge in [0.25, 0.3) is 0 Å². The van der Waals surface area contributed by atoms with Crippen LogP contribution in [0.25, 0.3) is 0 Å². The lowest BCUT2D eigenvalue weighted by atomic mass is 9.59. The molecule has 0 radical (unpaired) electrons. The van der Waals surface area contributed by atoms with Gasteiger partial charge in [-0.15, -0.1) is 0 Å². The summed E-state index contributed by atoms with van der Waals surface area (Å²) in [7, 11) is 0. The van der Waals surface area contributed by atoms with Crippen LogP contribution in [0.1, 0.15) is 59.8 Å². The number of rotatable bonds is 1. The molecule has 0 spiro atoms. The molecule has 2 aliphatic carbocycles. The first-order valence-electron chi connectivity index (χ1n) is 6.70. The summed E-state index contributed by atoms with van der Waals surface area (Å²) in [5.41, 5.74) is 1.90. The van der Waals surface area contributed by atoms with Crippen LogP contribution in [0.15, 0.2) is 11.1 Å². The Morgan fingerprint density at radius 3 is 2.59 bits per heavy atom. The van der Waals surface area contributed by atoms with E-state index in [0.29, 0.717) is 18.1 Å². The maximum Gasteiger partial charge on any atom is 0.158 e. The van der Waals surface area contributed by atoms with Gasteiger partial charge in [-0.25, -0.2) is 0 Å². The molecule has 96 valence electrons. The number of Topliss-reactive ketones (excluding diaryl/α,β-unsaturated/α-hetero) is 1.